The summed E-state index contributed by atoms with van der Waals surface area (Å²) in [4.78, 5) is 0. The van der Waals surface area contributed by atoms with Crippen molar-refractivity contribution in [3.8, 4) is 11.1 Å². The number of rotatable bonds is 5. The van der Waals surface area contributed by atoms with Gasteiger partial charge in [0.1, 0.15) is 0 Å². The van der Waals surface area contributed by atoms with E-state index in [1.165, 1.54) is 87.6 Å². The zero-order valence-electron chi connectivity index (χ0n) is 31.0. The molecule has 0 aliphatic heterocycles. The van der Waals surface area contributed by atoms with Crippen LogP contribution in [0.5, 0.6) is 0 Å². The van der Waals surface area contributed by atoms with Gasteiger partial charge in [0, 0.05) is 0 Å². The molecule has 3 heteroatoms. The maximum atomic E-state index is 3.98. The number of allylic oxidation sites excluding steroid dienone is 4. The standard InChI is InChI=1S/C49H45.2ClH.Zr/c1-48(2,3)39-25-26-42-38(29-39)30-45-44(42)31-43(47(49(4,5)6)46(45)34-17-7-8-18-34)37(27-35-21-13-19-32-15-9-11-23-40(32)35)28-36-22-14-20-33-16-10-12-24-41(33)36;;;/h7-17,19-26,29,31H,18,27-28H2,1-6H3;2*1H;/q-1;;;+3/p-2. The van der Waals surface area contributed by atoms with Gasteiger partial charge in [0.25, 0.3) is 0 Å². The van der Waals surface area contributed by atoms with Crippen molar-refractivity contribution < 1.29 is 51.0 Å². The zero-order chi connectivity index (χ0) is 33.9. The quantitative estimate of drug-likeness (QED) is 0.209. The second-order valence-corrected chi connectivity index (χ2v) is 16.0. The first kappa shape index (κ1) is 39.7. The molecule has 1 radical (unpaired) electrons. The maximum Gasteiger partial charge on any atom is 3.00 e. The van der Waals surface area contributed by atoms with Crippen molar-refractivity contribution in [2.24, 2.45) is 0 Å². The molecule has 0 spiro atoms. The van der Waals surface area contributed by atoms with Crippen LogP contribution in [0.4, 0.5) is 0 Å². The van der Waals surface area contributed by atoms with E-state index in [2.05, 4.69) is 175 Å². The second-order valence-electron chi connectivity index (χ2n) is 16.0. The minimum Gasteiger partial charge on any atom is -1.00 e. The van der Waals surface area contributed by atoms with E-state index >= 15 is 0 Å². The van der Waals surface area contributed by atoms with Crippen LogP contribution in [-0.4, -0.2) is 0 Å². The number of fused-ring (bicyclic) bond motifs is 5. The van der Waals surface area contributed by atoms with E-state index in [1.54, 1.807) is 0 Å². The molecule has 0 bridgehead atoms. The van der Waals surface area contributed by atoms with Gasteiger partial charge in [-0.2, -0.15) is 0 Å². The Kier molecular flexibility index (Phi) is 11.8. The van der Waals surface area contributed by atoms with Crippen LogP contribution >= 0.6 is 0 Å². The first-order valence-corrected chi connectivity index (χ1v) is 17.8. The predicted octanol–water partition coefficient (Wildman–Crippen LogP) is 5.26. The molecule has 0 saturated heterocycles. The minimum atomic E-state index is -0.0983. The van der Waals surface area contributed by atoms with Gasteiger partial charge in [0.2, 0.25) is 0 Å². The van der Waals surface area contributed by atoms with Crippen molar-refractivity contribution in [2.75, 3.05) is 0 Å². The summed E-state index contributed by atoms with van der Waals surface area (Å²) in [6.45, 7) is 14.1. The third-order valence-electron chi connectivity index (χ3n) is 10.6. The average Bonchev–Trinajstić information content (AvgIpc) is 3.75. The fourth-order valence-electron chi connectivity index (χ4n) is 8.13. The fraction of sp³-hybridized carbons (Fsp3) is 0.224. The number of halogens is 2. The van der Waals surface area contributed by atoms with Crippen LogP contribution in [0.15, 0.2) is 127 Å². The van der Waals surface area contributed by atoms with Gasteiger partial charge in [-0.1, -0.05) is 191 Å². The normalized spacial score (nSPS) is 13.0. The molecule has 0 aromatic heterocycles. The smallest absolute Gasteiger partial charge is 1.00 e. The van der Waals surface area contributed by atoms with Crippen molar-refractivity contribution in [3.63, 3.8) is 0 Å². The van der Waals surface area contributed by atoms with Crippen molar-refractivity contribution in [1.82, 2.24) is 0 Å². The van der Waals surface area contributed by atoms with Gasteiger partial charge in [0.15, 0.2) is 0 Å². The Labute approximate surface area is 341 Å². The third-order valence-corrected chi connectivity index (χ3v) is 10.6. The number of hydrogen-bond acceptors (Lipinski definition) is 0. The SMILES string of the molecule is CC(C)(C)c1ccc2c(c1)[C-]=c1c-2cc(=C(Cc2cccc3ccccc23)Cc2cccc3ccccc23)c(C(C)(C)C)c1C1=CC=CC1.[Cl-].[Cl-].[Zr+3]. The Bertz CT molecular complexity index is 2390. The van der Waals surface area contributed by atoms with Gasteiger partial charge in [-0.05, 0) is 68.0 Å². The molecule has 2 aliphatic carbocycles. The summed E-state index contributed by atoms with van der Waals surface area (Å²) in [5.74, 6) is 0. The molecule has 0 atom stereocenters. The van der Waals surface area contributed by atoms with E-state index in [-0.39, 0.29) is 61.8 Å². The van der Waals surface area contributed by atoms with E-state index in [0.717, 1.165) is 19.3 Å². The van der Waals surface area contributed by atoms with Crippen molar-refractivity contribution >= 4 is 38.8 Å². The summed E-state index contributed by atoms with van der Waals surface area (Å²) in [5, 5.41) is 7.92. The summed E-state index contributed by atoms with van der Waals surface area (Å²) >= 11 is 0. The third kappa shape index (κ3) is 7.35. The molecule has 8 rings (SSSR count). The van der Waals surface area contributed by atoms with Crippen LogP contribution < -0.4 is 35.3 Å². The Balaban J connectivity index is 0.00000174. The van der Waals surface area contributed by atoms with Gasteiger partial charge >= 0.3 is 26.2 Å². The number of hydrogen-bond donors (Lipinski definition) is 0. The molecule has 0 N–H and O–H groups in total. The molecular formula is C49H45Cl2Zr. The van der Waals surface area contributed by atoms with E-state index in [0.29, 0.717) is 0 Å². The van der Waals surface area contributed by atoms with Crippen LogP contribution in [0, 0.1) is 0 Å². The summed E-state index contributed by atoms with van der Waals surface area (Å²) in [5.41, 5.74) is 13.6. The molecule has 2 aliphatic rings. The molecule has 6 aromatic carbocycles. The molecule has 0 fully saturated rings. The largest absolute Gasteiger partial charge is 3.00 e. The van der Waals surface area contributed by atoms with Gasteiger partial charge < -0.3 is 24.8 Å². The molecule has 52 heavy (non-hydrogen) atoms. The van der Waals surface area contributed by atoms with E-state index in [9.17, 15) is 0 Å². The fourth-order valence-corrected chi connectivity index (χ4v) is 8.13. The second kappa shape index (κ2) is 15.5. The molecule has 6 aromatic rings. The molecule has 0 heterocycles. The average molecular weight is 796 g/mol. The summed E-state index contributed by atoms with van der Waals surface area (Å²) < 4.78 is 0. The van der Waals surface area contributed by atoms with E-state index in [1.807, 2.05) is 0 Å². The Morgan fingerprint density at radius 1 is 0.635 bits per heavy atom. The predicted molar refractivity (Wildman–Crippen MR) is 211 cm³/mol. The summed E-state index contributed by atoms with van der Waals surface area (Å²) in [6.07, 6.45) is 13.6. The monoisotopic (exact) mass is 793 g/mol. The Hall–Kier alpha value is -3.48. The minimum absolute atomic E-state index is 0. The molecule has 0 nitrogen and oxygen atoms in total. The first-order chi connectivity index (χ1) is 23.6. The van der Waals surface area contributed by atoms with Gasteiger partial charge in [-0.3, -0.25) is 0 Å². The first-order valence-electron chi connectivity index (χ1n) is 17.8. The number of benzene rings is 6. The van der Waals surface area contributed by atoms with Crippen LogP contribution in [0.3, 0.4) is 0 Å². The molecule has 0 amide bonds. The van der Waals surface area contributed by atoms with Gasteiger partial charge in [0.05, 0.1) is 0 Å². The Morgan fingerprint density at radius 3 is 1.75 bits per heavy atom. The van der Waals surface area contributed by atoms with E-state index in [4.69, 9.17) is 0 Å². The summed E-state index contributed by atoms with van der Waals surface area (Å²) in [6, 6.07) is 41.0. The van der Waals surface area contributed by atoms with Crippen molar-refractivity contribution in [2.45, 2.75) is 71.6 Å². The van der Waals surface area contributed by atoms with Gasteiger partial charge in [-0.15, -0.1) is 34.1 Å². The summed E-state index contributed by atoms with van der Waals surface area (Å²) in [7, 11) is 0. The van der Waals surface area contributed by atoms with Gasteiger partial charge in [-0.25, -0.2) is 0 Å². The maximum absolute atomic E-state index is 3.98. The topological polar surface area (TPSA) is 0 Å². The van der Waals surface area contributed by atoms with Crippen molar-refractivity contribution in [3.05, 3.63) is 171 Å². The van der Waals surface area contributed by atoms with Crippen LogP contribution in [-0.2, 0) is 49.9 Å². The van der Waals surface area contributed by atoms with Crippen LogP contribution in [0.1, 0.15) is 81.3 Å². The molecule has 259 valence electrons. The molecular weight excluding hydrogens is 751 g/mol. The van der Waals surface area contributed by atoms with E-state index < -0.39 is 0 Å². The molecule has 0 saturated carbocycles. The zero-order valence-corrected chi connectivity index (χ0v) is 35.0. The molecule has 0 unspecified atom stereocenters. The van der Waals surface area contributed by atoms with Crippen LogP contribution in [0.2, 0.25) is 0 Å². The Morgan fingerprint density at radius 2 is 1.21 bits per heavy atom. The van der Waals surface area contributed by atoms with Crippen molar-refractivity contribution in [1.29, 1.82) is 0 Å². The van der Waals surface area contributed by atoms with Crippen LogP contribution in [0.25, 0.3) is 49.9 Å².